The first kappa shape index (κ1) is 10.6. The maximum Gasteiger partial charge on any atom is 0.574 e. The fourth-order valence-electron chi connectivity index (χ4n) is 0.707. The molecule has 0 radical (unpaired) electrons. The van der Waals surface area contributed by atoms with Gasteiger partial charge in [0.2, 0.25) is 5.88 Å². The van der Waals surface area contributed by atoms with Crippen LogP contribution < -0.4 is 4.74 Å². The molecule has 0 fully saturated rings. The first-order valence-electron chi connectivity index (χ1n) is 3.27. The van der Waals surface area contributed by atoms with Gasteiger partial charge < -0.3 is 4.74 Å². The van der Waals surface area contributed by atoms with Crippen molar-refractivity contribution in [3.8, 4) is 5.88 Å². The van der Waals surface area contributed by atoms with E-state index in [0.29, 0.717) is 9.13 Å². The minimum atomic E-state index is -4.68. The van der Waals surface area contributed by atoms with Gasteiger partial charge in [-0.15, -0.1) is 13.2 Å². The Kier molecular flexibility index (Phi) is 2.99. The second-order valence-electron chi connectivity index (χ2n) is 2.27. The summed E-state index contributed by atoms with van der Waals surface area (Å²) < 4.78 is 39.7. The van der Waals surface area contributed by atoms with Gasteiger partial charge in [-0.2, -0.15) is 0 Å². The standard InChI is InChI=1S/C7H5F3INO/c1-4-5(11)2-3-12-6(4)13-7(8,9)10/h2-3H,1H3. The van der Waals surface area contributed by atoms with E-state index in [4.69, 9.17) is 0 Å². The Morgan fingerprint density at radius 1 is 1.46 bits per heavy atom. The van der Waals surface area contributed by atoms with Gasteiger partial charge in [-0.05, 0) is 35.6 Å². The summed E-state index contributed by atoms with van der Waals surface area (Å²) in [5, 5.41) is 0. The molecular formula is C7H5F3INO. The van der Waals surface area contributed by atoms with Crippen molar-refractivity contribution < 1.29 is 17.9 Å². The summed E-state index contributed by atoms with van der Waals surface area (Å²) in [5.74, 6) is -0.389. The molecule has 0 saturated heterocycles. The smallest absolute Gasteiger partial charge is 0.388 e. The van der Waals surface area contributed by atoms with Crippen LogP contribution in [0.2, 0.25) is 0 Å². The van der Waals surface area contributed by atoms with E-state index >= 15 is 0 Å². The third-order valence-corrected chi connectivity index (χ3v) is 2.47. The highest BCUT2D eigenvalue weighted by Gasteiger charge is 2.32. The van der Waals surface area contributed by atoms with Crippen LogP contribution in [-0.2, 0) is 0 Å². The highest BCUT2D eigenvalue weighted by atomic mass is 127. The molecule has 0 amide bonds. The Bertz CT molecular complexity index is 313. The van der Waals surface area contributed by atoms with Crippen LogP contribution in [0, 0.1) is 10.5 Å². The molecular weight excluding hydrogens is 298 g/mol. The number of aromatic nitrogens is 1. The number of rotatable bonds is 1. The minimum Gasteiger partial charge on any atom is -0.388 e. The molecule has 0 aromatic carbocycles. The molecule has 0 aliphatic carbocycles. The van der Waals surface area contributed by atoms with Crippen molar-refractivity contribution in [2.45, 2.75) is 13.3 Å². The van der Waals surface area contributed by atoms with Crippen LogP contribution in [0.3, 0.4) is 0 Å². The molecule has 0 spiro atoms. The van der Waals surface area contributed by atoms with E-state index in [1.165, 1.54) is 13.1 Å². The van der Waals surface area contributed by atoms with Crippen LogP contribution >= 0.6 is 22.6 Å². The van der Waals surface area contributed by atoms with Crippen molar-refractivity contribution in [1.29, 1.82) is 0 Å². The maximum absolute atomic E-state index is 11.8. The zero-order valence-corrected chi connectivity index (χ0v) is 8.68. The predicted molar refractivity (Wildman–Crippen MR) is 48.4 cm³/mol. The van der Waals surface area contributed by atoms with Crippen molar-refractivity contribution in [1.82, 2.24) is 4.98 Å². The molecule has 0 saturated carbocycles. The Morgan fingerprint density at radius 3 is 2.62 bits per heavy atom. The lowest BCUT2D eigenvalue weighted by atomic mass is 10.3. The summed E-state index contributed by atoms with van der Waals surface area (Å²) in [4.78, 5) is 3.48. The van der Waals surface area contributed by atoms with E-state index in [1.54, 1.807) is 6.07 Å². The Labute approximate surface area is 86.3 Å². The second-order valence-corrected chi connectivity index (χ2v) is 3.43. The van der Waals surface area contributed by atoms with E-state index < -0.39 is 6.36 Å². The quantitative estimate of drug-likeness (QED) is 0.744. The average Bonchev–Trinajstić information content (AvgIpc) is 1.96. The maximum atomic E-state index is 11.8. The van der Waals surface area contributed by atoms with Gasteiger partial charge in [0.1, 0.15) is 0 Å². The number of ether oxygens (including phenoxy) is 1. The molecule has 0 aliphatic rings. The lowest BCUT2D eigenvalue weighted by Crippen LogP contribution is -2.18. The molecule has 0 bridgehead atoms. The molecule has 0 atom stereocenters. The molecule has 0 aliphatic heterocycles. The topological polar surface area (TPSA) is 22.1 Å². The van der Waals surface area contributed by atoms with Crippen molar-refractivity contribution >= 4 is 22.6 Å². The number of alkyl halides is 3. The summed E-state index contributed by atoms with van der Waals surface area (Å²) >= 11 is 1.91. The molecule has 0 unspecified atom stereocenters. The zero-order chi connectivity index (χ0) is 10.1. The molecule has 1 heterocycles. The van der Waals surface area contributed by atoms with Crippen molar-refractivity contribution in [3.63, 3.8) is 0 Å². The third kappa shape index (κ3) is 3.02. The first-order chi connectivity index (χ1) is 5.90. The van der Waals surface area contributed by atoms with Gasteiger partial charge in [0, 0.05) is 15.3 Å². The largest absolute Gasteiger partial charge is 0.574 e. The van der Waals surface area contributed by atoms with E-state index in [-0.39, 0.29) is 5.88 Å². The molecule has 0 N–H and O–H groups in total. The molecule has 6 heteroatoms. The summed E-state index contributed by atoms with van der Waals surface area (Å²) in [6.45, 7) is 1.52. The summed E-state index contributed by atoms with van der Waals surface area (Å²) in [6, 6.07) is 1.61. The molecule has 1 rings (SSSR count). The SMILES string of the molecule is Cc1c(I)ccnc1OC(F)(F)F. The highest BCUT2D eigenvalue weighted by Crippen LogP contribution is 2.25. The van der Waals surface area contributed by atoms with Gasteiger partial charge in [-0.25, -0.2) is 4.98 Å². The monoisotopic (exact) mass is 303 g/mol. The van der Waals surface area contributed by atoms with Gasteiger partial charge in [-0.1, -0.05) is 0 Å². The Balaban J connectivity index is 2.96. The normalized spacial score (nSPS) is 11.5. The van der Waals surface area contributed by atoms with Gasteiger partial charge >= 0.3 is 6.36 Å². The lowest BCUT2D eigenvalue weighted by molar-refractivity contribution is -0.276. The van der Waals surface area contributed by atoms with Crippen LogP contribution in [0.15, 0.2) is 12.3 Å². The van der Waals surface area contributed by atoms with Crippen molar-refractivity contribution in [2.24, 2.45) is 0 Å². The van der Waals surface area contributed by atoms with Crippen LogP contribution in [0.25, 0.3) is 0 Å². The average molecular weight is 303 g/mol. The molecule has 2 nitrogen and oxygen atoms in total. The summed E-state index contributed by atoms with van der Waals surface area (Å²) in [7, 11) is 0. The first-order valence-corrected chi connectivity index (χ1v) is 4.35. The van der Waals surface area contributed by atoms with Crippen LogP contribution in [0.5, 0.6) is 5.88 Å². The summed E-state index contributed by atoms with van der Waals surface area (Å²) in [6.07, 6.45) is -3.40. The fraction of sp³-hybridized carbons (Fsp3) is 0.286. The van der Waals surface area contributed by atoms with E-state index in [0.717, 1.165) is 0 Å². The minimum absolute atomic E-state index is 0.389. The zero-order valence-electron chi connectivity index (χ0n) is 6.52. The Morgan fingerprint density at radius 2 is 2.08 bits per heavy atom. The number of nitrogens with zero attached hydrogens (tertiary/aromatic N) is 1. The number of halogens is 4. The van der Waals surface area contributed by atoms with Gasteiger partial charge in [-0.3, -0.25) is 0 Å². The predicted octanol–water partition coefficient (Wildman–Crippen LogP) is 2.89. The molecule has 72 valence electrons. The number of hydrogen-bond acceptors (Lipinski definition) is 2. The Hall–Kier alpha value is -0.530. The van der Waals surface area contributed by atoms with Crippen LogP contribution in [0.1, 0.15) is 5.56 Å². The number of hydrogen-bond donors (Lipinski definition) is 0. The third-order valence-electron chi connectivity index (χ3n) is 1.30. The van der Waals surface area contributed by atoms with Crippen LogP contribution in [0.4, 0.5) is 13.2 Å². The molecule has 1 aromatic heterocycles. The lowest BCUT2D eigenvalue weighted by Gasteiger charge is -2.10. The fourth-order valence-corrected chi connectivity index (χ4v) is 1.10. The van der Waals surface area contributed by atoms with E-state index in [9.17, 15) is 13.2 Å². The van der Waals surface area contributed by atoms with Gasteiger partial charge in [0.15, 0.2) is 0 Å². The van der Waals surface area contributed by atoms with E-state index in [2.05, 4.69) is 9.72 Å². The molecule has 1 aromatic rings. The number of pyridine rings is 1. The van der Waals surface area contributed by atoms with Crippen molar-refractivity contribution in [3.05, 3.63) is 21.4 Å². The second kappa shape index (κ2) is 3.69. The van der Waals surface area contributed by atoms with Crippen molar-refractivity contribution in [2.75, 3.05) is 0 Å². The van der Waals surface area contributed by atoms with Crippen LogP contribution in [-0.4, -0.2) is 11.3 Å². The highest BCUT2D eigenvalue weighted by molar-refractivity contribution is 14.1. The summed E-state index contributed by atoms with van der Waals surface area (Å²) in [5.41, 5.74) is 0.389. The molecule has 13 heavy (non-hydrogen) atoms. The van der Waals surface area contributed by atoms with Gasteiger partial charge in [0.25, 0.3) is 0 Å². The van der Waals surface area contributed by atoms with Gasteiger partial charge in [0.05, 0.1) is 0 Å². The van der Waals surface area contributed by atoms with E-state index in [1.807, 2.05) is 22.6 Å².